The number of nitrogen functional groups attached to an aromatic ring is 1. The molecule has 0 aliphatic heterocycles. The molecule has 0 spiro atoms. The van der Waals surface area contributed by atoms with Crippen molar-refractivity contribution in [3.05, 3.63) is 53.1 Å². The van der Waals surface area contributed by atoms with Crippen LogP contribution in [0.2, 0.25) is 0 Å². The second-order valence-electron chi connectivity index (χ2n) is 6.20. The number of hydrogen-bond acceptors (Lipinski definition) is 2. The average Bonchev–Trinajstić information content (AvgIpc) is 2.78. The van der Waals surface area contributed by atoms with Crippen molar-refractivity contribution in [2.24, 2.45) is 0 Å². The summed E-state index contributed by atoms with van der Waals surface area (Å²) in [7, 11) is 1.74. The number of hydrogen-bond donors (Lipinski definition) is 1. The minimum atomic E-state index is -0.0668. The Bertz CT molecular complexity index is 658. The van der Waals surface area contributed by atoms with E-state index < -0.39 is 0 Å². The van der Waals surface area contributed by atoms with E-state index in [9.17, 15) is 0 Å². The van der Waals surface area contributed by atoms with Gasteiger partial charge in [-0.15, -0.1) is 0 Å². The largest absolute Gasteiger partial charge is 0.398 e. The molecule has 2 heteroatoms. The maximum atomic E-state index is 6.47. The Labute approximate surface area is 120 Å². The fraction of sp³-hybridized carbons (Fsp3) is 0.333. The van der Waals surface area contributed by atoms with E-state index in [2.05, 4.69) is 50.2 Å². The first-order valence-corrected chi connectivity index (χ1v) is 7.03. The van der Waals surface area contributed by atoms with Gasteiger partial charge in [-0.1, -0.05) is 50.2 Å². The van der Waals surface area contributed by atoms with Gasteiger partial charge < -0.3 is 10.5 Å². The van der Waals surface area contributed by atoms with Crippen molar-refractivity contribution < 1.29 is 4.74 Å². The predicted octanol–water partition coefficient (Wildman–Crippen LogP) is 3.76. The molecule has 1 aliphatic carbocycles. The summed E-state index contributed by atoms with van der Waals surface area (Å²) in [6, 6.07) is 12.9. The molecule has 0 fully saturated rings. The minimum absolute atomic E-state index is 0.0668. The molecule has 0 atom stereocenters. The highest BCUT2D eigenvalue weighted by atomic mass is 16.5. The van der Waals surface area contributed by atoms with Crippen LogP contribution in [0, 0.1) is 0 Å². The monoisotopic (exact) mass is 267 g/mol. The number of ether oxygens (including phenoxy) is 1. The summed E-state index contributed by atoms with van der Waals surface area (Å²) < 4.78 is 5.34. The van der Waals surface area contributed by atoms with E-state index in [1.165, 1.54) is 27.8 Å². The molecule has 0 radical (unpaired) electrons. The molecule has 2 aromatic rings. The van der Waals surface area contributed by atoms with Crippen LogP contribution >= 0.6 is 0 Å². The number of nitrogens with two attached hydrogens (primary N) is 1. The molecule has 2 N–H and O–H groups in total. The number of benzene rings is 2. The third-order valence-corrected chi connectivity index (χ3v) is 4.27. The van der Waals surface area contributed by atoms with E-state index in [4.69, 9.17) is 10.5 Å². The molecule has 3 rings (SSSR count). The highest BCUT2D eigenvalue weighted by Crippen LogP contribution is 2.43. The molecule has 0 amide bonds. The Kier molecular flexibility index (Phi) is 3.06. The molecule has 20 heavy (non-hydrogen) atoms. The summed E-state index contributed by atoms with van der Waals surface area (Å²) >= 11 is 0. The molecule has 1 aliphatic rings. The van der Waals surface area contributed by atoms with Crippen molar-refractivity contribution in [2.75, 3.05) is 19.5 Å². The SMILES string of the molecule is COCC(C)(C)c1ccc2c(c1N)Cc1ccccc1-2. The molecule has 0 unspecified atom stereocenters. The van der Waals surface area contributed by atoms with E-state index in [0.29, 0.717) is 6.61 Å². The Morgan fingerprint density at radius 2 is 1.85 bits per heavy atom. The zero-order valence-corrected chi connectivity index (χ0v) is 12.4. The van der Waals surface area contributed by atoms with Crippen LogP contribution in [0.5, 0.6) is 0 Å². The quantitative estimate of drug-likeness (QED) is 0.733. The summed E-state index contributed by atoms with van der Waals surface area (Å²) in [4.78, 5) is 0. The van der Waals surface area contributed by atoms with Gasteiger partial charge in [0, 0.05) is 24.6 Å². The Hall–Kier alpha value is -1.80. The Balaban J connectivity index is 2.11. The molecule has 2 aromatic carbocycles. The van der Waals surface area contributed by atoms with Crippen LogP contribution in [-0.2, 0) is 16.6 Å². The average molecular weight is 267 g/mol. The van der Waals surface area contributed by atoms with Crippen molar-refractivity contribution >= 4 is 5.69 Å². The molecular formula is C18H21NO. The zero-order valence-electron chi connectivity index (χ0n) is 12.4. The van der Waals surface area contributed by atoms with Gasteiger partial charge in [-0.2, -0.15) is 0 Å². The van der Waals surface area contributed by atoms with E-state index in [1.807, 2.05) is 0 Å². The highest BCUT2D eigenvalue weighted by molar-refractivity contribution is 5.82. The van der Waals surface area contributed by atoms with Gasteiger partial charge in [0.15, 0.2) is 0 Å². The van der Waals surface area contributed by atoms with Crippen LogP contribution in [-0.4, -0.2) is 13.7 Å². The first-order chi connectivity index (χ1) is 9.54. The number of fused-ring (bicyclic) bond motifs is 3. The molecule has 0 saturated carbocycles. The van der Waals surface area contributed by atoms with Crippen LogP contribution in [0.25, 0.3) is 11.1 Å². The lowest BCUT2D eigenvalue weighted by molar-refractivity contribution is 0.147. The zero-order chi connectivity index (χ0) is 14.3. The molecule has 104 valence electrons. The van der Waals surface area contributed by atoms with E-state index >= 15 is 0 Å². The predicted molar refractivity (Wildman–Crippen MR) is 84.0 cm³/mol. The van der Waals surface area contributed by atoms with Gasteiger partial charge >= 0.3 is 0 Å². The van der Waals surface area contributed by atoms with Crippen LogP contribution in [0.15, 0.2) is 36.4 Å². The maximum Gasteiger partial charge on any atom is 0.0554 e. The highest BCUT2D eigenvalue weighted by Gasteiger charge is 2.28. The second kappa shape index (κ2) is 4.64. The summed E-state index contributed by atoms with van der Waals surface area (Å²) in [6.45, 7) is 5.02. The topological polar surface area (TPSA) is 35.2 Å². The fourth-order valence-electron chi connectivity index (χ4n) is 3.26. The van der Waals surface area contributed by atoms with Crippen molar-refractivity contribution in [1.29, 1.82) is 0 Å². The standard InChI is InChI=1S/C18H21NO/c1-18(2,11-20-3)16-9-8-14-13-7-5-4-6-12(13)10-15(14)17(16)19/h4-9H,10-11,19H2,1-3H3. The van der Waals surface area contributed by atoms with Gasteiger partial charge in [-0.25, -0.2) is 0 Å². The summed E-state index contributed by atoms with van der Waals surface area (Å²) in [6.07, 6.45) is 0.939. The van der Waals surface area contributed by atoms with Crippen LogP contribution in [0.4, 0.5) is 5.69 Å². The fourth-order valence-corrected chi connectivity index (χ4v) is 3.26. The summed E-state index contributed by atoms with van der Waals surface area (Å²) in [5, 5.41) is 0. The molecule has 0 aromatic heterocycles. The maximum absolute atomic E-state index is 6.47. The van der Waals surface area contributed by atoms with E-state index in [1.54, 1.807) is 7.11 Å². The number of methoxy groups -OCH3 is 1. The Morgan fingerprint density at radius 3 is 2.60 bits per heavy atom. The van der Waals surface area contributed by atoms with Crippen molar-refractivity contribution in [2.45, 2.75) is 25.7 Å². The van der Waals surface area contributed by atoms with Crippen LogP contribution < -0.4 is 5.73 Å². The lowest BCUT2D eigenvalue weighted by Gasteiger charge is -2.27. The molecule has 2 nitrogen and oxygen atoms in total. The third kappa shape index (κ3) is 1.92. The first-order valence-electron chi connectivity index (χ1n) is 7.03. The second-order valence-corrected chi connectivity index (χ2v) is 6.20. The van der Waals surface area contributed by atoms with Gasteiger partial charge in [-0.05, 0) is 27.8 Å². The van der Waals surface area contributed by atoms with E-state index in [-0.39, 0.29) is 5.41 Å². The van der Waals surface area contributed by atoms with Crippen LogP contribution in [0.3, 0.4) is 0 Å². The smallest absolute Gasteiger partial charge is 0.0554 e. The molecule has 0 bridgehead atoms. The number of anilines is 1. The first kappa shape index (κ1) is 13.2. The third-order valence-electron chi connectivity index (χ3n) is 4.27. The van der Waals surface area contributed by atoms with Gasteiger partial charge in [0.1, 0.15) is 0 Å². The lowest BCUT2D eigenvalue weighted by Crippen LogP contribution is -2.25. The Morgan fingerprint density at radius 1 is 1.10 bits per heavy atom. The van der Waals surface area contributed by atoms with Crippen molar-refractivity contribution in [3.8, 4) is 11.1 Å². The van der Waals surface area contributed by atoms with Crippen molar-refractivity contribution in [3.63, 3.8) is 0 Å². The minimum Gasteiger partial charge on any atom is -0.398 e. The lowest BCUT2D eigenvalue weighted by atomic mass is 9.82. The van der Waals surface area contributed by atoms with Crippen LogP contribution in [0.1, 0.15) is 30.5 Å². The normalized spacial score (nSPS) is 13.2. The van der Waals surface area contributed by atoms with Gasteiger partial charge in [-0.3, -0.25) is 0 Å². The van der Waals surface area contributed by atoms with E-state index in [0.717, 1.165) is 12.1 Å². The summed E-state index contributed by atoms with van der Waals surface area (Å²) in [5.74, 6) is 0. The number of rotatable bonds is 3. The molecule has 0 heterocycles. The van der Waals surface area contributed by atoms with Gasteiger partial charge in [0.25, 0.3) is 0 Å². The molecular weight excluding hydrogens is 246 g/mol. The van der Waals surface area contributed by atoms with Gasteiger partial charge in [0.05, 0.1) is 6.61 Å². The molecule has 0 saturated heterocycles. The van der Waals surface area contributed by atoms with Crippen molar-refractivity contribution in [1.82, 2.24) is 0 Å². The van der Waals surface area contributed by atoms with Gasteiger partial charge in [0.2, 0.25) is 0 Å². The summed E-state index contributed by atoms with van der Waals surface area (Å²) in [5.41, 5.74) is 13.8.